The van der Waals surface area contributed by atoms with E-state index in [0.717, 1.165) is 32.7 Å². The van der Waals surface area contributed by atoms with E-state index in [9.17, 15) is 19.2 Å². The molecule has 2 aromatic carbocycles. The minimum Gasteiger partial charge on any atom is -0.444 e. The average molecular weight is 887 g/mol. The predicted octanol–water partition coefficient (Wildman–Crippen LogP) is 10.6. The van der Waals surface area contributed by atoms with Gasteiger partial charge in [0, 0.05) is 60.0 Å². The lowest BCUT2D eigenvalue weighted by Crippen LogP contribution is -2.37. The predicted molar refractivity (Wildman–Crippen MR) is 239 cm³/mol. The fourth-order valence-electron chi connectivity index (χ4n) is 5.47. The highest BCUT2D eigenvalue weighted by Crippen LogP contribution is 2.25. The smallest absolute Gasteiger partial charge is 0.407 e. The van der Waals surface area contributed by atoms with Crippen molar-refractivity contribution in [2.24, 2.45) is 15.1 Å². The third-order valence-corrected chi connectivity index (χ3v) is 9.59. The first-order valence-corrected chi connectivity index (χ1v) is 20.9. The summed E-state index contributed by atoms with van der Waals surface area (Å²) in [6, 6.07) is 18.9. The second-order valence-electron chi connectivity index (χ2n) is 15.1. The maximum Gasteiger partial charge on any atom is 0.407 e. The molecule has 61 heavy (non-hydrogen) atoms. The second kappa shape index (κ2) is 22.8. The Morgan fingerprint density at radius 3 is 1.43 bits per heavy atom. The Bertz CT molecular complexity index is 2240. The molecule has 4 amide bonds. The maximum absolute atomic E-state index is 12.9. The van der Waals surface area contributed by atoms with Gasteiger partial charge in [0.05, 0.1) is 23.6 Å². The summed E-state index contributed by atoms with van der Waals surface area (Å²) in [6.07, 6.45) is 5.90. The summed E-state index contributed by atoms with van der Waals surface area (Å²) < 4.78 is 13.1. The summed E-state index contributed by atoms with van der Waals surface area (Å²) in [7, 11) is 0. The van der Waals surface area contributed by atoms with Gasteiger partial charge in [0.15, 0.2) is 0 Å². The number of nitrogens with one attached hydrogen (secondary N) is 5. The largest absolute Gasteiger partial charge is 0.444 e. The van der Waals surface area contributed by atoms with Crippen LogP contribution < -0.4 is 21.3 Å². The molecule has 5 N–H and O–H groups in total. The number of amides is 4. The quantitative estimate of drug-likeness (QED) is 0.0620. The number of rotatable bonds is 11. The molecule has 0 bridgehead atoms. The third-order valence-electron chi connectivity index (χ3n) is 8.12. The number of carbonyl (C=O) groups is 4. The minimum atomic E-state index is -0.593. The van der Waals surface area contributed by atoms with Crippen molar-refractivity contribution in [2.45, 2.75) is 64.6 Å². The second-order valence-corrected chi connectivity index (χ2v) is 16.8. The molecule has 0 spiro atoms. The molecule has 2 atom stereocenters. The summed E-state index contributed by atoms with van der Waals surface area (Å²) in [5.41, 5.74) is 7.79. The molecular weight excluding hydrogens is 840 g/mol. The van der Waals surface area contributed by atoms with Gasteiger partial charge in [0.1, 0.15) is 11.2 Å². The van der Waals surface area contributed by atoms with Gasteiger partial charge in [0.25, 0.3) is 0 Å². The Balaban J connectivity index is 0.000000242. The molecule has 0 aliphatic rings. The topological polar surface area (TPSA) is 222 Å². The Kier molecular flexibility index (Phi) is 17.7. The molecule has 16 nitrogen and oxygen atoms in total. The fraction of sp³-hybridized carbons (Fsp3) is 0.286. The number of fused-ring (bicyclic) bond motifs is 2. The monoisotopic (exact) mass is 886 g/mol. The van der Waals surface area contributed by atoms with Gasteiger partial charge in [-0.15, -0.1) is 0 Å². The highest BCUT2D eigenvalue weighted by molar-refractivity contribution is 7.08. The average Bonchev–Trinajstić information content (AvgIpc) is 3.94. The number of hydrogen-bond acceptors (Lipinski definition) is 12. The van der Waals surface area contributed by atoms with E-state index in [1.165, 1.54) is 22.7 Å². The van der Waals surface area contributed by atoms with Crippen molar-refractivity contribution in [3.8, 4) is 0 Å². The van der Waals surface area contributed by atoms with Crippen LogP contribution in [0.1, 0.15) is 64.5 Å². The van der Waals surface area contributed by atoms with E-state index in [4.69, 9.17) is 15.0 Å². The van der Waals surface area contributed by atoms with E-state index >= 15 is 0 Å². The molecule has 0 aliphatic carbocycles. The van der Waals surface area contributed by atoms with Crippen LogP contribution in [0.5, 0.6) is 0 Å². The zero-order valence-corrected chi connectivity index (χ0v) is 36.7. The van der Waals surface area contributed by atoms with Crippen molar-refractivity contribution in [2.75, 3.05) is 23.7 Å². The Labute approximate surface area is 366 Å². The summed E-state index contributed by atoms with van der Waals surface area (Å²) in [4.78, 5) is 58.0. The first-order chi connectivity index (χ1) is 29.0. The van der Waals surface area contributed by atoms with Gasteiger partial charge in [-0.3, -0.25) is 19.6 Å². The first kappa shape index (κ1) is 47.3. The van der Waals surface area contributed by atoms with Gasteiger partial charge in [-0.05, 0) is 144 Å². The lowest BCUT2D eigenvalue weighted by Gasteiger charge is -2.21. The van der Waals surface area contributed by atoms with Crippen LogP contribution in [0.2, 0.25) is 0 Å². The van der Waals surface area contributed by atoms with E-state index < -0.39 is 35.2 Å². The first-order valence-electron chi connectivity index (χ1n) is 18.7. The number of pyridine rings is 2. The molecule has 0 radical (unpaired) electrons. The zero-order chi connectivity index (χ0) is 44.4. The number of ether oxygens (including phenoxy) is 2. The van der Waals surface area contributed by atoms with Gasteiger partial charge in [-0.1, -0.05) is 16.8 Å². The van der Waals surface area contributed by atoms with Crippen LogP contribution in [0.3, 0.4) is 0 Å². The number of thiophene rings is 2. The van der Waals surface area contributed by atoms with Crippen LogP contribution >= 0.6 is 34.5 Å². The van der Waals surface area contributed by atoms with E-state index in [0.29, 0.717) is 11.4 Å². The van der Waals surface area contributed by atoms with E-state index in [-0.39, 0.29) is 24.9 Å². The van der Waals surface area contributed by atoms with Crippen LogP contribution in [0.4, 0.5) is 21.0 Å². The summed E-state index contributed by atoms with van der Waals surface area (Å²) >= 11 is 7.56. The number of anilines is 2. The van der Waals surface area contributed by atoms with Gasteiger partial charge in [-0.2, -0.15) is 28.2 Å². The Morgan fingerprint density at radius 2 is 1.10 bits per heavy atom. The molecule has 0 fully saturated rings. The van der Waals surface area contributed by atoms with Crippen molar-refractivity contribution in [3.05, 3.63) is 118 Å². The van der Waals surface area contributed by atoms with Crippen molar-refractivity contribution in [3.63, 3.8) is 0 Å². The highest BCUT2D eigenvalue weighted by atomic mass is 35.5. The zero-order valence-electron chi connectivity index (χ0n) is 34.3. The molecule has 320 valence electrons. The summed E-state index contributed by atoms with van der Waals surface area (Å²) in [5, 5.41) is 28.0. The van der Waals surface area contributed by atoms with Crippen molar-refractivity contribution in [1.82, 2.24) is 20.6 Å². The van der Waals surface area contributed by atoms with Crippen molar-refractivity contribution in [1.29, 1.82) is 5.53 Å². The van der Waals surface area contributed by atoms with Crippen molar-refractivity contribution < 1.29 is 28.7 Å². The molecule has 6 rings (SSSR count). The number of alkyl carbamates (subject to hydrolysis) is 2. The molecule has 0 saturated carbocycles. The molecule has 4 aromatic heterocycles. The number of halogens is 1. The number of nitrogens with zero attached hydrogens (tertiary/aromatic N) is 5. The van der Waals surface area contributed by atoms with Gasteiger partial charge in [0.2, 0.25) is 11.8 Å². The number of hydrogen-bond donors (Lipinski definition) is 5. The van der Waals surface area contributed by atoms with Gasteiger partial charge >= 0.3 is 12.2 Å². The summed E-state index contributed by atoms with van der Waals surface area (Å²) in [5.74, 6) is -1.43. The maximum atomic E-state index is 12.9. The van der Waals surface area contributed by atoms with E-state index in [1.54, 1.807) is 66.3 Å². The van der Waals surface area contributed by atoms with E-state index in [2.05, 4.69) is 58.1 Å². The highest BCUT2D eigenvalue weighted by Gasteiger charge is 2.25. The van der Waals surface area contributed by atoms with Crippen LogP contribution in [-0.4, -0.2) is 58.3 Å². The number of benzene rings is 2. The third kappa shape index (κ3) is 16.3. The molecule has 0 saturated heterocycles. The SMILES string of the molecule is CC(C)(C)OC(=O)NCC(C(=O)Nc1ccc2cnccc2c1)c1ccsc1.CC(C)(C)OC(=O)NCC(C(=O)Nc1ccc2cnccc2c1)c1ccsc1.N=NN=NCl. The molecule has 2 unspecified atom stereocenters. The standard InChI is InChI=1S/2C21H23N3O3S.ClHN4/c2*1-21(2,3)27-20(26)23-12-18(16-7-9-28-13-16)19(25)24-17-5-4-15-11-22-8-6-14(15)10-17;1-3-5-4-2/h2*4-11,13,18H,12H2,1-3H3,(H,23,26)(H,24,25);2H. The molecule has 19 heteroatoms. The minimum absolute atomic E-state index is 0.148. The molecule has 4 heterocycles. The summed E-state index contributed by atoms with van der Waals surface area (Å²) in [6.45, 7) is 11.1. The van der Waals surface area contributed by atoms with Gasteiger partial charge in [-0.25, -0.2) is 9.59 Å². The van der Waals surface area contributed by atoms with Crippen molar-refractivity contribution >= 4 is 91.4 Å². The van der Waals surface area contributed by atoms with Crippen LogP contribution in [0.25, 0.3) is 21.5 Å². The fourth-order valence-corrected chi connectivity index (χ4v) is 6.93. The van der Waals surface area contributed by atoms with Gasteiger partial charge < -0.3 is 30.7 Å². The lowest BCUT2D eigenvalue weighted by atomic mass is 10.0. The molecule has 0 aliphatic heterocycles. The molecular formula is C42H47ClN10O6S2. The Hall–Kier alpha value is -6.37. The van der Waals surface area contributed by atoms with Crippen LogP contribution in [-0.2, 0) is 19.1 Å². The normalized spacial score (nSPS) is 12.1. The molecule has 6 aromatic rings. The Morgan fingerprint density at radius 1 is 0.672 bits per heavy atom. The lowest BCUT2D eigenvalue weighted by molar-refractivity contribution is -0.118. The van der Waals surface area contributed by atoms with Crippen LogP contribution in [0.15, 0.2) is 122 Å². The number of aromatic nitrogens is 2. The van der Waals surface area contributed by atoms with E-state index in [1.807, 2.05) is 82.2 Å². The number of carbonyl (C=O) groups excluding carboxylic acids is 4. The van der Waals surface area contributed by atoms with Crippen LogP contribution in [0, 0.1) is 5.53 Å².